The van der Waals surface area contributed by atoms with Crippen LogP contribution in [0.15, 0.2) is 0 Å². The summed E-state index contributed by atoms with van der Waals surface area (Å²) >= 11 is 0. The minimum atomic E-state index is 0.126. The fourth-order valence-corrected chi connectivity index (χ4v) is 2.33. The molecule has 17 heavy (non-hydrogen) atoms. The highest BCUT2D eigenvalue weighted by Crippen LogP contribution is 2.12. The third-order valence-corrected chi connectivity index (χ3v) is 3.44. The first-order valence-corrected chi connectivity index (χ1v) is 6.92. The van der Waals surface area contributed by atoms with E-state index in [1.54, 1.807) is 0 Å². The Morgan fingerprint density at radius 1 is 1.35 bits per heavy atom. The summed E-state index contributed by atoms with van der Waals surface area (Å²) in [7, 11) is 2.14. The molecule has 0 aromatic heterocycles. The normalized spacial score (nSPS) is 22.3. The van der Waals surface area contributed by atoms with E-state index in [0.29, 0.717) is 6.04 Å². The molecule has 0 saturated carbocycles. The van der Waals surface area contributed by atoms with Gasteiger partial charge in [-0.2, -0.15) is 0 Å². The number of hydrogen-bond donors (Lipinski definition) is 1. The Morgan fingerprint density at radius 2 is 2.12 bits per heavy atom. The molecular formula is C13H27N3O. The van der Waals surface area contributed by atoms with Crippen molar-refractivity contribution >= 4 is 6.03 Å². The molecule has 1 fully saturated rings. The molecule has 0 bridgehead atoms. The van der Waals surface area contributed by atoms with Gasteiger partial charge in [0.05, 0.1) is 0 Å². The molecule has 100 valence electrons. The largest absolute Gasteiger partial charge is 0.338 e. The Morgan fingerprint density at radius 3 is 2.76 bits per heavy atom. The van der Waals surface area contributed by atoms with Gasteiger partial charge < -0.3 is 15.1 Å². The average Bonchev–Trinajstić information content (AvgIpc) is 2.50. The SMILES string of the molecule is CCCCNC(=O)N1CCCN(C)CC1CC. The summed E-state index contributed by atoms with van der Waals surface area (Å²) in [5.74, 6) is 0. The highest BCUT2D eigenvalue weighted by atomic mass is 16.2. The molecule has 1 saturated heterocycles. The molecule has 0 aromatic carbocycles. The molecule has 1 atom stereocenters. The number of urea groups is 1. The number of hydrogen-bond acceptors (Lipinski definition) is 2. The summed E-state index contributed by atoms with van der Waals surface area (Å²) in [6, 6.07) is 0.490. The van der Waals surface area contributed by atoms with Crippen LogP contribution in [-0.2, 0) is 0 Å². The van der Waals surface area contributed by atoms with Crippen molar-refractivity contribution in [2.75, 3.05) is 33.2 Å². The van der Waals surface area contributed by atoms with Gasteiger partial charge in [-0.1, -0.05) is 20.3 Å². The van der Waals surface area contributed by atoms with Crippen molar-refractivity contribution in [2.24, 2.45) is 0 Å². The average molecular weight is 241 g/mol. The van der Waals surface area contributed by atoms with Crippen molar-refractivity contribution in [3.63, 3.8) is 0 Å². The van der Waals surface area contributed by atoms with E-state index in [2.05, 4.69) is 31.1 Å². The van der Waals surface area contributed by atoms with E-state index in [0.717, 1.165) is 51.9 Å². The molecule has 4 heteroatoms. The van der Waals surface area contributed by atoms with Gasteiger partial charge in [0, 0.05) is 25.7 Å². The zero-order valence-electron chi connectivity index (χ0n) is 11.5. The summed E-state index contributed by atoms with van der Waals surface area (Å²) in [6.45, 7) is 8.09. The molecule has 2 amide bonds. The highest BCUT2D eigenvalue weighted by molar-refractivity contribution is 5.74. The molecule has 0 aromatic rings. The summed E-state index contributed by atoms with van der Waals surface area (Å²) in [5.41, 5.74) is 0. The van der Waals surface area contributed by atoms with Crippen molar-refractivity contribution in [1.82, 2.24) is 15.1 Å². The fraction of sp³-hybridized carbons (Fsp3) is 0.923. The van der Waals surface area contributed by atoms with Crippen molar-refractivity contribution in [3.8, 4) is 0 Å². The molecule has 1 unspecified atom stereocenters. The van der Waals surface area contributed by atoms with Crippen LogP contribution < -0.4 is 5.32 Å². The minimum Gasteiger partial charge on any atom is -0.338 e. The molecule has 1 aliphatic heterocycles. The van der Waals surface area contributed by atoms with Crippen molar-refractivity contribution in [3.05, 3.63) is 0 Å². The van der Waals surface area contributed by atoms with E-state index in [1.165, 1.54) is 0 Å². The van der Waals surface area contributed by atoms with Gasteiger partial charge in [-0.3, -0.25) is 0 Å². The first-order valence-electron chi connectivity index (χ1n) is 6.92. The van der Waals surface area contributed by atoms with Crippen molar-refractivity contribution in [1.29, 1.82) is 0 Å². The van der Waals surface area contributed by atoms with Crippen LogP contribution in [0.2, 0.25) is 0 Å². The third-order valence-electron chi connectivity index (χ3n) is 3.44. The Hall–Kier alpha value is -0.770. The maximum atomic E-state index is 12.1. The van der Waals surface area contributed by atoms with Crippen LogP contribution in [0.25, 0.3) is 0 Å². The van der Waals surface area contributed by atoms with Gasteiger partial charge in [-0.25, -0.2) is 4.79 Å². The van der Waals surface area contributed by atoms with Crippen LogP contribution >= 0.6 is 0 Å². The lowest BCUT2D eigenvalue weighted by molar-refractivity contribution is 0.169. The zero-order chi connectivity index (χ0) is 12.7. The van der Waals surface area contributed by atoms with Crippen LogP contribution in [0.5, 0.6) is 0 Å². The first-order chi connectivity index (χ1) is 8.19. The van der Waals surface area contributed by atoms with Crippen LogP contribution in [0.1, 0.15) is 39.5 Å². The Labute approximate surface area is 105 Å². The number of carbonyl (C=O) groups excluding carboxylic acids is 1. The fourth-order valence-electron chi connectivity index (χ4n) is 2.33. The third kappa shape index (κ3) is 4.54. The van der Waals surface area contributed by atoms with Gasteiger partial charge in [0.1, 0.15) is 0 Å². The predicted octanol–water partition coefficient (Wildman–Crippen LogP) is 1.91. The Bertz CT molecular complexity index is 233. The summed E-state index contributed by atoms with van der Waals surface area (Å²) < 4.78 is 0. The van der Waals surface area contributed by atoms with Crippen LogP contribution in [0.4, 0.5) is 4.79 Å². The molecule has 1 N–H and O–H groups in total. The molecule has 1 rings (SSSR count). The van der Waals surface area contributed by atoms with Crippen LogP contribution in [0, 0.1) is 0 Å². The number of unbranched alkanes of at least 4 members (excludes halogenated alkanes) is 1. The second-order valence-corrected chi connectivity index (χ2v) is 4.96. The molecule has 0 aliphatic carbocycles. The van der Waals surface area contributed by atoms with Crippen molar-refractivity contribution in [2.45, 2.75) is 45.6 Å². The lowest BCUT2D eigenvalue weighted by Crippen LogP contribution is -2.48. The standard InChI is InChI=1S/C13H27N3O/c1-4-6-8-14-13(17)16-10-7-9-15(3)11-12(16)5-2/h12H,4-11H2,1-3H3,(H,14,17). The predicted molar refractivity (Wildman–Crippen MR) is 71.2 cm³/mol. The number of nitrogens with zero attached hydrogens (tertiary/aromatic N) is 2. The quantitative estimate of drug-likeness (QED) is 0.763. The topological polar surface area (TPSA) is 35.6 Å². The Kier molecular flexibility index (Phi) is 6.34. The minimum absolute atomic E-state index is 0.126. The highest BCUT2D eigenvalue weighted by Gasteiger charge is 2.25. The van der Waals surface area contributed by atoms with Gasteiger partial charge in [0.15, 0.2) is 0 Å². The smallest absolute Gasteiger partial charge is 0.317 e. The van der Waals surface area contributed by atoms with E-state index in [9.17, 15) is 4.79 Å². The number of carbonyl (C=O) groups is 1. The van der Waals surface area contributed by atoms with Gasteiger partial charge >= 0.3 is 6.03 Å². The van der Waals surface area contributed by atoms with Crippen LogP contribution in [-0.4, -0.2) is 55.1 Å². The summed E-state index contributed by atoms with van der Waals surface area (Å²) in [4.78, 5) is 16.5. The van der Waals surface area contributed by atoms with Gasteiger partial charge in [0.2, 0.25) is 0 Å². The molecule has 4 nitrogen and oxygen atoms in total. The van der Waals surface area contributed by atoms with Crippen LogP contribution in [0.3, 0.4) is 0 Å². The maximum Gasteiger partial charge on any atom is 0.317 e. The van der Waals surface area contributed by atoms with E-state index >= 15 is 0 Å². The molecule has 1 heterocycles. The Balaban J connectivity index is 2.49. The number of amides is 2. The van der Waals surface area contributed by atoms with E-state index in [4.69, 9.17) is 0 Å². The number of likely N-dealkylation sites (N-methyl/N-ethyl adjacent to an activating group) is 1. The second-order valence-electron chi connectivity index (χ2n) is 4.96. The first kappa shape index (κ1) is 14.3. The molecule has 0 radical (unpaired) electrons. The molecular weight excluding hydrogens is 214 g/mol. The van der Waals surface area contributed by atoms with E-state index < -0.39 is 0 Å². The summed E-state index contributed by atoms with van der Waals surface area (Å²) in [6.07, 6.45) is 4.30. The van der Waals surface area contributed by atoms with E-state index in [1.807, 2.05) is 4.90 Å². The monoisotopic (exact) mass is 241 g/mol. The maximum absolute atomic E-state index is 12.1. The summed E-state index contributed by atoms with van der Waals surface area (Å²) in [5, 5.41) is 3.03. The molecule has 0 spiro atoms. The number of rotatable bonds is 4. The van der Waals surface area contributed by atoms with Crippen molar-refractivity contribution < 1.29 is 4.79 Å². The second kappa shape index (κ2) is 7.54. The van der Waals surface area contributed by atoms with E-state index in [-0.39, 0.29) is 6.03 Å². The lowest BCUT2D eigenvalue weighted by Gasteiger charge is -2.30. The van der Waals surface area contributed by atoms with Gasteiger partial charge in [-0.05, 0) is 32.9 Å². The number of nitrogens with one attached hydrogen (secondary N) is 1. The van der Waals surface area contributed by atoms with Gasteiger partial charge in [-0.15, -0.1) is 0 Å². The molecule has 1 aliphatic rings. The lowest BCUT2D eigenvalue weighted by atomic mass is 10.2. The zero-order valence-corrected chi connectivity index (χ0v) is 11.5. The van der Waals surface area contributed by atoms with Gasteiger partial charge in [0.25, 0.3) is 0 Å².